The number of piperazine rings is 1. The van der Waals surface area contributed by atoms with Crippen LogP contribution in [-0.4, -0.2) is 37.2 Å². The van der Waals surface area contributed by atoms with Crippen molar-refractivity contribution >= 4 is 84.9 Å². The molecule has 2 N–H and O–H groups in total. The fourth-order valence-electron chi connectivity index (χ4n) is 4.37. The van der Waals surface area contributed by atoms with Crippen molar-refractivity contribution in [1.82, 2.24) is 5.32 Å². The number of thiophene rings is 1. The molecule has 5 rings (SSSR count). The van der Waals surface area contributed by atoms with E-state index >= 15 is 0 Å². The second-order valence-corrected chi connectivity index (χ2v) is 11.0. The number of halogens is 7. The van der Waals surface area contributed by atoms with Gasteiger partial charge in [0.05, 0.1) is 15.7 Å². The largest absolute Gasteiger partial charge is 0.367 e. The summed E-state index contributed by atoms with van der Waals surface area (Å²) in [6.07, 6.45) is 0. The number of rotatable bonds is 4. The quantitative estimate of drug-likeness (QED) is 0.107. The van der Waals surface area contributed by atoms with Crippen LogP contribution in [0.4, 0.5) is 39.0 Å². The molecule has 1 aliphatic rings. The minimum Gasteiger partial charge on any atom is -0.367 e. The molecule has 3 aromatic carbocycles. The maximum Gasteiger partial charge on any atom is 0.269 e. The molecule has 1 aromatic heterocycles. The number of nitrogens with one attached hydrogen (secondary N) is 2. The van der Waals surface area contributed by atoms with Gasteiger partial charge < -0.3 is 15.1 Å². The van der Waals surface area contributed by atoms with E-state index in [0.717, 1.165) is 15.0 Å². The number of carbonyl (C=O) groups excluding carboxylic acids is 1. The molecule has 4 aromatic rings. The van der Waals surface area contributed by atoms with Gasteiger partial charge in [-0.3, -0.25) is 10.1 Å². The molecule has 2 heterocycles. The molecular formula is C26H17Cl2F5N4OS2. The van der Waals surface area contributed by atoms with E-state index in [1.54, 1.807) is 18.2 Å². The zero-order valence-electron chi connectivity index (χ0n) is 20.1. The van der Waals surface area contributed by atoms with Crippen molar-refractivity contribution in [3.63, 3.8) is 0 Å². The predicted octanol–water partition coefficient (Wildman–Crippen LogP) is 7.36. The molecule has 0 saturated carbocycles. The van der Waals surface area contributed by atoms with E-state index in [1.165, 1.54) is 11.3 Å². The Morgan fingerprint density at radius 2 is 1.45 bits per heavy atom. The van der Waals surface area contributed by atoms with E-state index < -0.39 is 40.7 Å². The Balaban J connectivity index is 1.22. The third-order valence-electron chi connectivity index (χ3n) is 6.30. The highest BCUT2D eigenvalue weighted by molar-refractivity contribution is 7.80. The Morgan fingerprint density at radius 1 is 0.850 bits per heavy atom. The molecular weight excluding hydrogens is 614 g/mol. The van der Waals surface area contributed by atoms with E-state index in [9.17, 15) is 26.7 Å². The number of benzene rings is 3. The van der Waals surface area contributed by atoms with Crippen molar-refractivity contribution in [1.29, 1.82) is 0 Å². The van der Waals surface area contributed by atoms with Crippen LogP contribution in [0.2, 0.25) is 10.0 Å². The van der Waals surface area contributed by atoms with Gasteiger partial charge >= 0.3 is 0 Å². The zero-order valence-corrected chi connectivity index (χ0v) is 23.3. The third-order valence-corrected chi connectivity index (χ3v) is 8.48. The molecule has 40 heavy (non-hydrogen) atoms. The van der Waals surface area contributed by atoms with Gasteiger partial charge in [0.2, 0.25) is 5.82 Å². The van der Waals surface area contributed by atoms with Gasteiger partial charge in [0, 0.05) is 42.0 Å². The maximum absolute atomic E-state index is 14.2. The summed E-state index contributed by atoms with van der Waals surface area (Å²) in [4.78, 5) is 16.0. The van der Waals surface area contributed by atoms with E-state index in [4.69, 9.17) is 35.4 Å². The number of thiocarbonyl (C=S) groups is 1. The van der Waals surface area contributed by atoms with Crippen LogP contribution >= 0.6 is 46.8 Å². The molecule has 0 radical (unpaired) electrons. The number of carbonyl (C=O) groups is 1. The highest BCUT2D eigenvalue weighted by atomic mass is 35.5. The third kappa shape index (κ3) is 5.28. The minimum atomic E-state index is -2.19. The molecule has 1 amide bonds. The van der Waals surface area contributed by atoms with Gasteiger partial charge in [-0.05, 0) is 36.5 Å². The summed E-state index contributed by atoms with van der Waals surface area (Å²) in [6, 6.07) is 12.3. The molecule has 0 unspecified atom stereocenters. The van der Waals surface area contributed by atoms with E-state index in [0.29, 0.717) is 26.3 Å². The van der Waals surface area contributed by atoms with Crippen molar-refractivity contribution in [2.24, 2.45) is 0 Å². The van der Waals surface area contributed by atoms with Gasteiger partial charge in [0.15, 0.2) is 28.4 Å². The van der Waals surface area contributed by atoms with Gasteiger partial charge in [0.1, 0.15) is 10.6 Å². The summed E-state index contributed by atoms with van der Waals surface area (Å²) in [5.74, 6) is -10.3. The van der Waals surface area contributed by atoms with Gasteiger partial charge in [-0.25, -0.2) is 22.0 Å². The van der Waals surface area contributed by atoms with E-state index in [1.807, 2.05) is 29.2 Å². The maximum atomic E-state index is 14.2. The second kappa shape index (κ2) is 11.4. The Hall–Kier alpha value is -3.19. The summed E-state index contributed by atoms with van der Waals surface area (Å²) >= 11 is 19.3. The Kier molecular flexibility index (Phi) is 8.05. The monoisotopic (exact) mass is 630 g/mol. The molecule has 1 aliphatic heterocycles. The van der Waals surface area contributed by atoms with Gasteiger partial charge in [-0.15, -0.1) is 11.3 Å². The van der Waals surface area contributed by atoms with E-state index in [2.05, 4.69) is 10.6 Å². The summed E-state index contributed by atoms with van der Waals surface area (Å²) in [6.45, 7) is 0.392. The Morgan fingerprint density at radius 3 is 2.08 bits per heavy atom. The predicted molar refractivity (Wildman–Crippen MR) is 153 cm³/mol. The van der Waals surface area contributed by atoms with Gasteiger partial charge in [0.25, 0.3) is 5.91 Å². The summed E-state index contributed by atoms with van der Waals surface area (Å²) in [5, 5.41) is 6.94. The summed E-state index contributed by atoms with van der Waals surface area (Å²) in [7, 11) is 0. The van der Waals surface area contributed by atoms with Crippen molar-refractivity contribution in [2.75, 3.05) is 41.3 Å². The number of hydrogen-bond acceptors (Lipinski definition) is 5. The van der Waals surface area contributed by atoms with Crippen LogP contribution in [0, 0.1) is 29.1 Å². The summed E-state index contributed by atoms with van der Waals surface area (Å²) < 4.78 is 70.0. The number of nitrogens with zero attached hydrogens (tertiary/aromatic N) is 2. The minimum absolute atomic E-state index is 0.00884. The first-order chi connectivity index (χ1) is 19.1. The number of amides is 1. The highest BCUT2D eigenvalue weighted by Crippen LogP contribution is 2.36. The fraction of sp³-hybridized carbons (Fsp3) is 0.154. The molecule has 0 bridgehead atoms. The van der Waals surface area contributed by atoms with Crippen LogP contribution < -0.4 is 20.4 Å². The van der Waals surface area contributed by atoms with Crippen molar-refractivity contribution in [3.8, 4) is 0 Å². The van der Waals surface area contributed by atoms with Crippen LogP contribution in [-0.2, 0) is 0 Å². The molecule has 1 fully saturated rings. The van der Waals surface area contributed by atoms with Crippen LogP contribution in [0.3, 0.4) is 0 Å². The highest BCUT2D eigenvalue weighted by Gasteiger charge is 2.31. The SMILES string of the molecule is O=C(NC(=S)Nc1ccc(N2CCN(c3c(F)c(F)c(F)c(F)c3F)CC2)c(Cl)c1)c1sc2ccccc2c1Cl. The first-order valence-electron chi connectivity index (χ1n) is 11.7. The smallest absolute Gasteiger partial charge is 0.269 e. The topological polar surface area (TPSA) is 47.6 Å². The molecule has 0 atom stereocenters. The number of anilines is 3. The average molecular weight is 631 g/mol. The normalized spacial score (nSPS) is 13.6. The van der Waals surface area contributed by atoms with Crippen molar-refractivity contribution in [3.05, 3.63) is 86.5 Å². The molecule has 0 spiro atoms. The second-order valence-electron chi connectivity index (χ2n) is 8.71. The first kappa shape index (κ1) is 28.3. The molecule has 0 aliphatic carbocycles. The first-order valence-corrected chi connectivity index (χ1v) is 13.6. The molecule has 208 valence electrons. The number of hydrogen-bond donors (Lipinski definition) is 2. The van der Waals surface area contributed by atoms with Crippen LogP contribution in [0.15, 0.2) is 42.5 Å². The lowest BCUT2D eigenvalue weighted by Crippen LogP contribution is -2.47. The fourth-order valence-corrected chi connectivity index (χ4v) is 6.29. The standard InChI is InChI=1S/C26H17Cl2F5N4OS2/c27-14-11-12(34-26(39)35-25(38)24-17(28)13-3-1-2-4-16(13)40-24)5-6-15(14)36-7-9-37(10-8-36)23-21(32)19(30)18(29)20(31)22(23)33/h1-6,11H,7-10H2,(H2,34,35,38,39). The molecule has 5 nitrogen and oxygen atoms in total. The van der Waals surface area contributed by atoms with Crippen LogP contribution in [0.25, 0.3) is 10.1 Å². The zero-order chi connectivity index (χ0) is 28.7. The molecule has 1 saturated heterocycles. The van der Waals surface area contributed by atoms with Crippen LogP contribution in [0.5, 0.6) is 0 Å². The Labute approximate surface area is 244 Å². The lowest BCUT2D eigenvalue weighted by molar-refractivity contribution is 0.0982. The van der Waals surface area contributed by atoms with Crippen molar-refractivity contribution in [2.45, 2.75) is 0 Å². The molecule has 14 heteroatoms. The number of fused-ring (bicyclic) bond motifs is 1. The van der Waals surface area contributed by atoms with Crippen molar-refractivity contribution < 1.29 is 26.7 Å². The van der Waals surface area contributed by atoms with Crippen LogP contribution in [0.1, 0.15) is 9.67 Å². The Bertz CT molecular complexity index is 1630. The lowest BCUT2D eigenvalue weighted by atomic mass is 10.2. The van der Waals surface area contributed by atoms with E-state index in [-0.39, 0.29) is 31.3 Å². The van der Waals surface area contributed by atoms with Gasteiger partial charge in [-0.2, -0.15) is 0 Å². The summed E-state index contributed by atoms with van der Waals surface area (Å²) in [5.41, 5.74) is 0.131. The lowest BCUT2D eigenvalue weighted by Gasteiger charge is -2.38. The average Bonchev–Trinajstić information content (AvgIpc) is 3.28. The van der Waals surface area contributed by atoms with Gasteiger partial charge in [-0.1, -0.05) is 41.4 Å².